The minimum atomic E-state index is -0.271. The predicted molar refractivity (Wildman–Crippen MR) is 68.9 cm³/mol. The molecule has 0 aromatic heterocycles. The summed E-state index contributed by atoms with van der Waals surface area (Å²) in [6.45, 7) is 4.48. The maximum atomic E-state index is 10.9. The average molecular weight is 285 g/mol. The molecule has 0 aliphatic carbocycles. The zero-order valence-corrected chi connectivity index (χ0v) is 11.1. The summed E-state index contributed by atoms with van der Waals surface area (Å²) in [5, 5.41) is 3.29. The Morgan fingerprint density at radius 1 is 1.44 bits per heavy atom. The van der Waals surface area contributed by atoms with Crippen LogP contribution >= 0.6 is 15.9 Å². The van der Waals surface area contributed by atoms with Gasteiger partial charge >= 0.3 is 0 Å². The van der Waals surface area contributed by atoms with Gasteiger partial charge in [0.1, 0.15) is 0 Å². The molecule has 0 radical (unpaired) electrons. The van der Waals surface area contributed by atoms with E-state index >= 15 is 0 Å². The fraction of sp³-hybridized carbons (Fsp3) is 0.417. The van der Waals surface area contributed by atoms with E-state index in [1.165, 1.54) is 5.56 Å². The number of carbonyl (C=O) groups is 1. The van der Waals surface area contributed by atoms with Crippen molar-refractivity contribution in [2.45, 2.75) is 19.9 Å². The van der Waals surface area contributed by atoms with E-state index in [2.05, 4.69) is 34.2 Å². The molecule has 1 amide bonds. The monoisotopic (exact) mass is 284 g/mol. The highest BCUT2D eigenvalue weighted by molar-refractivity contribution is 9.10. The van der Waals surface area contributed by atoms with Gasteiger partial charge in [-0.1, -0.05) is 41.1 Å². The van der Waals surface area contributed by atoms with Crippen LogP contribution in [-0.4, -0.2) is 12.5 Å². The SMILES string of the molecule is CC(CN[C@H](C)c1ccccc1Br)C(N)=O. The van der Waals surface area contributed by atoms with Crippen LogP contribution in [0.25, 0.3) is 0 Å². The van der Waals surface area contributed by atoms with Crippen LogP contribution in [0.3, 0.4) is 0 Å². The first-order valence-electron chi connectivity index (χ1n) is 5.29. The van der Waals surface area contributed by atoms with Crippen LogP contribution in [0.5, 0.6) is 0 Å². The number of rotatable bonds is 5. The topological polar surface area (TPSA) is 55.1 Å². The second kappa shape index (κ2) is 6.01. The summed E-state index contributed by atoms with van der Waals surface area (Å²) >= 11 is 3.50. The number of nitrogens with two attached hydrogens (primary N) is 1. The van der Waals surface area contributed by atoms with Gasteiger partial charge < -0.3 is 11.1 Å². The van der Waals surface area contributed by atoms with Crippen molar-refractivity contribution in [3.8, 4) is 0 Å². The summed E-state index contributed by atoms with van der Waals surface area (Å²) in [5.41, 5.74) is 6.38. The van der Waals surface area contributed by atoms with E-state index in [1.807, 2.05) is 25.1 Å². The van der Waals surface area contributed by atoms with Gasteiger partial charge in [-0.2, -0.15) is 0 Å². The first-order chi connectivity index (χ1) is 7.52. The quantitative estimate of drug-likeness (QED) is 0.871. The molecule has 0 heterocycles. The number of hydrogen-bond donors (Lipinski definition) is 2. The molecule has 1 unspecified atom stereocenters. The van der Waals surface area contributed by atoms with Crippen molar-refractivity contribution in [1.82, 2.24) is 5.32 Å². The molecule has 4 heteroatoms. The third kappa shape index (κ3) is 3.61. The minimum absolute atomic E-state index is 0.148. The normalized spacial score (nSPS) is 14.4. The van der Waals surface area contributed by atoms with E-state index in [0.717, 1.165) is 4.47 Å². The molecule has 1 rings (SSSR count). The number of halogens is 1. The molecule has 0 spiro atoms. The zero-order valence-electron chi connectivity index (χ0n) is 9.53. The fourth-order valence-electron chi connectivity index (χ4n) is 1.39. The van der Waals surface area contributed by atoms with Gasteiger partial charge in [-0.15, -0.1) is 0 Å². The van der Waals surface area contributed by atoms with Crippen LogP contribution in [0, 0.1) is 5.92 Å². The Balaban J connectivity index is 2.56. The molecule has 0 aliphatic heterocycles. The van der Waals surface area contributed by atoms with Gasteiger partial charge in [-0.25, -0.2) is 0 Å². The Kier molecular flexibility index (Phi) is 4.96. The van der Waals surface area contributed by atoms with E-state index in [1.54, 1.807) is 0 Å². The van der Waals surface area contributed by atoms with Gasteiger partial charge in [0.15, 0.2) is 0 Å². The summed E-state index contributed by atoms with van der Waals surface area (Å²) in [4.78, 5) is 10.9. The number of hydrogen-bond acceptors (Lipinski definition) is 2. The van der Waals surface area contributed by atoms with E-state index < -0.39 is 0 Å². The Bertz CT molecular complexity index is 368. The largest absolute Gasteiger partial charge is 0.369 e. The van der Waals surface area contributed by atoms with E-state index in [4.69, 9.17) is 5.73 Å². The molecule has 3 N–H and O–H groups in total. The Morgan fingerprint density at radius 2 is 2.06 bits per heavy atom. The van der Waals surface area contributed by atoms with Crippen molar-refractivity contribution in [2.24, 2.45) is 11.7 Å². The van der Waals surface area contributed by atoms with Crippen molar-refractivity contribution >= 4 is 21.8 Å². The van der Waals surface area contributed by atoms with Crippen LogP contribution < -0.4 is 11.1 Å². The first kappa shape index (κ1) is 13.2. The zero-order chi connectivity index (χ0) is 12.1. The Morgan fingerprint density at radius 3 is 2.62 bits per heavy atom. The molecule has 3 nitrogen and oxygen atoms in total. The predicted octanol–water partition coefficient (Wildman–Crippen LogP) is 2.22. The van der Waals surface area contributed by atoms with Crippen LogP contribution in [-0.2, 0) is 4.79 Å². The van der Waals surface area contributed by atoms with Crippen molar-refractivity contribution in [3.63, 3.8) is 0 Å². The van der Waals surface area contributed by atoms with Crippen molar-refractivity contribution < 1.29 is 4.79 Å². The van der Waals surface area contributed by atoms with E-state index in [9.17, 15) is 4.79 Å². The maximum absolute atomic E-state index is 10.9. The lowest BCUT2D eigenvalue weighted by atomic mass is 10.1. The van der Waals surface area contributed by atoms with Crippen LogP contribution in [0.4, 0.5) is 0 Å². The average Bonchev–Trinajstić information content (AvgIpc) is 2.25. The summed E-state index contributed by atoms with van der Waals surface area (Å²) in [6.07, 6.45) is 0. The molecule has 2 atom stereocenters. The lowest BCUT2D eigenvalue weighted by Gasteiger charge is -2.17. The molecular weight excluding hydrogens is 268 g/mol. The van der Waals surface area contributed by atoms with Crippen molar-refractivity contribution in [3.05, 3.63) is 34.3 Å². The molecule has 0 fully saturated rings. The highest BCUT2D eigenvalue weighted by Crippen LogP contribution is 2.22. The maximum Gasteiger partial charge on any atom is 0.221 e. The second-order valence-electron chi connectivity index (χ2n) is 3.95. The molecule has 1 aromatic carbocycles. The fourth-order valence-corrected chi connectivity index (χ4v) is 2.02. The molecule has 0 saturated carbocycles. The molecule has 88 valence electrons. The van der Waals surface area contributed by atoms with Crippen molar-refractivity contribution in [1.29, 1.82) is 0 Å². The van der Waals surface area contributed by atoms with Gasteiger partial charge in [0.25, 0.3) is 0 Å². The van der Waals surface area contributed by atoms with E-state index in [0.29, 0.717) is 6.54 Å². The molecule has 16 heavy (non-hydrogen) atoms. The number of amides is 1. The van der Waals surface area contributed by atoms with Crippen molar-refractivity contribution in [2.75, 3.05) is 6.54 Å². The Labute approximate surface area is 105 Å². The molecule has 0 saturated heterocycles. The van der Waals surface area contributed by atoms with Gasteiger partial charge in [-0.3, -0.25) is 4.79 Å². The summed E-state index contributed by atoms with van der Waals surface area (Å²) < 4.78 is 1.07. The lowest BCUT2D eigenvalue weighted by molar-refractivity contribution is -0.121. The minimum Gasteiger partial charge on any atom is -0.369 e. The van der Waals surface area contributed by atoms with Gasteiger partial charge in [0.05, 0.1) is 0 Å². The molecule has 1 aromatic rings. The summed E-state index contributed by atoms with van der Waals surface area (Å²) in [7, 11) is 0. The van der Waals surface area contributed by atoms with Gasteiger partial charge in [-0.05, 0) is 18.6 Å². The third-order valence-electron chi connectivity index (χ3n) is 2.59. The number of benzene rings is 1. The summed E-state index contributed by atoms with van der Waals surface area (Å²) in [5.74, 6) is -0.420. The smallest absolute Gasteiger partial charge is 0.221 e. The second-order valence-corrected chi connectivity index (χ2v) is 4.81. The van der Waals surface area contributed by atoms with Gasteiger partial charge in [0.2, 0.25) is 5.91 Å². The van der Waals surface area contributed by atoms with Crippen LogP contribution in [0.1, 0.15) is 25.5 Å². The Hall–Kier alpha value is -0.870. The third-order valence-corrected chi connectivity index (χ3v) is 3.31. The first-order valence-corrected chi connectivity index (χ1v) is 6.08. The highest BCUT2D eigenvalue weighted by Gasteiger charge is 2.12. The van der Waals surface area contributed by atoms with Gasteiger partial charge in [0, 0.05) is 23.0 Å². The van der Waals surface area contributed by atoms with Crippen LogP contribution in [0.2, 0.25) is 0 Å². The standard InChI is InChI=1S/C12H17BrN2O/c1-8(12(14)16)7-15-9(2)10-5-3-4-6-11(10)13/h3-6,8-9,15H,7H2,1-2H3,(H2,14,16)/t8?,9-/m1/s1. The summed E-state index contributed by atoms with van der Waals surface area (Å²) in [6, 6.07) is 8.22. The number of carbonyl (C=O) groups excluding carboxylic acids is 1. The number of nitrogens with one attached hydrogen (secondary N) is 1. The number of primary amides is 1. The molecular formula is C12H17BrN2O. The highest BCUT2D eigenvalue weighted by atomic mass is 79.9. The van der Waals surface area contributed by atoms with Crippen LogP contribution in [0.15, 0.2) is 28.7 Å². The molecule has 0 bridgehead atoms. The van der Waals surface area contributed by atoms with E-state index in [-0.39, 0.29) is 17.9 Å². The molecule has 0 aliphatic rings. The lowest BCUT2D eigenvalue weighted by Crippen LogP contribution is -2.32.